The Morgan fingerprint density at radius 1 is 1.22 bits per heavy atom. The smallest absolute Gasteiger partial charge is 0.317 e. The lowest BCUT2D eigenvalue weighted by Gasteiger charge is -2.31. The Labute approximate surface area is 216 Å². The fourth-order valence-electron chi connectivity index (χ4n) is 4.34. The molecular weight excluding hydrogens is 478 g/mol. The van der Waals surface area contributed by atoms with E-state index in [-0.39, 0.29) is 24.5 Å². The Kier molecular flexibility index (Phi) is 9.32. The molecule has 1 saturated heterocycles. The Bertz CT molecular complexity index is 1020. The number of carbonyl (C=O) groups excluding carboxylic acids is 2. The number of ether oxygens (including phenoxy) is 2. The Balaban J connectivity index is 1.51. The molecule has 36 heavy (non-hydrogen) atoms. The third-order valence-electron chi connectivity index (χ3n) is 6.40. The third-order valence-corrected chi connectivity index (χ3v) is 7.32. The van der Waals surface area contributed by atoms with E-state index in [1.165, 1.54) is 0 Å². The molecule has 2 aromatic rings. The molecule has 1 aromatic carbocycles. The molecule has 2 aliphatic rings. The predicted octanol–water partition coefficient (Wildman–Crippen LogP) is 3.19. The number of nitrogens with one attached hydrogen (secondary N) is 1. The highest BCUT2D eigenvalue weighted by Crippen LogP contribution is 2.34. The van der Waals surface area contributed by atoms with Crippen LogP contribution in [0.3, 0.4) is 0 Å². The van der Waals surface area contributed by atoms with Gasteiger partial charge < -0.3 is 19.7 Å². The van der Waals surface area contributed by atoms with Crippen LogP contribution in [0, 0.1) is 0 Å². The molecule has 1 fully saturated rings. The number of methoxy groups -OCH3 is 1. The van der Waals surface area contributed by atoms with Crippen molar-refractivity contribution in [1.29, 1.82) is 0 Å². The van der Waals surface area contributed by atoms with E-state index in [4.69, 9.17) is 14.6 Å². The van der Waals surface area contributed by atoms with E-state index in [9.17, 15) is 9.59 Å². The van der Waals surface area contributed by atoms with Crippen molar-refractivity contribution in [2.75, 3.05) is 59.6 Å². The number of morpholine rings is 1. The molecule has 9 nitrogen and oxygen atoms in total. The van der Waals surface area contributed by atoms with Crippen molar-refractivity contribution in [1.82, 2.24) is 20.1 Å². The fourth-order valence-corrected chi connectivity index (χ4v) is 5.06. The van der Waals surface area contributed by atoms with Gasteiger partial charge in [-0.2, -0.15) is 5.10 Å². The van der Waals surface area contributed by atoms with Gasteiger partial charge in [0.15, 0.2) is 0 Å². The Morgan fingerprint density at radius 2 is 2.00 bits per heavy atom. The van der Waals surface area contributed by atoms with Crippen LogP contribution in [0.2, 0.25) is 0 Å². The van der Waals surface area contributed by atoms with Gasteiger partial charge in [-0.1, -0.05) is 25.1 Å². The molecule has 0 bridgehead atoms. The average molecular weight is 514 g/mol. The molecule has 2 aliphatic heterocycles. The number of benzene rings is 1. The minimum absolute atomic E-state index is 0.0340. The molecule has 0 saturated carbocycles. The zero-order valence-corrected chi connectivity index (χ0v) is 21.8. The summed E-state index contributed by atoms with van der Waals surface area (Å²) in [6.45, 7) is 6.75. The number of hydrazone groups is 1. The van der Waals surface area contributed by atoms with Crippen LogP contribution < -0.4 is 10.1 Å². The second-order valence-corrected chi connectivity index (χ2v) is 9.81. The highest BCUT2D eigenvalue weighted by atomic mass is 32.1. The molecular formula is C26H35N5O4S. The quantitative estimate of drug-likeness (QED) is 0.527. The molecule has 194 valence electrons. The minimum atomic E-state index is -0.236. The minimum Gasteiger partial charge on any atom is -0.497 e. The van der Waals surface area contributed by atoms with Gasteiger partial charge >= 0.3 is 6.03 Å². The summed E-state index contributed by atoms with van der Waals surface area (Å²) in [5, 5.41) is 11.2. The summed E-state index contributed by atoms with van der Waals surface area (Å²) < 4.78 is 10.7. The van der Waals surface area contributed by atoms with E-state index in [1.54, 1.807) is 28.4 Å². The summed E-state index contributed by atoms with van der Waals surface area (Å²) in [5.41, 5.74) is 1.87. The van der Waals surface area contributed by atoms with E-state index in [0.29, 0.717) is 39.3 Å². The highest BCUT2D eigenvalue weighted by Gasteiger charge is 2.34. The van der Waals surface area contributed by atoms with Crippen molar-refractivity contribution in [3.05, 3.63) is 52.2 Å². The molecule has 0 unspecified atom stereocenters. The van der Waals surface area contributed by atoms with Gasteiger partial charge in [0.2, 0.25) is 0 Å². The average Bonchev–Trinajstić information content (AvgIpc) is 3.61. The first-order valence-electron chi connectivity index (χ1n) is 12.5. The van der Waals surface area contributed by atoms with Crippen LogP contribution >= 0.6 is 11.3 Å². The van der Waals surface area contributed by atoms with E-state index < -0.39 is 0 Å². The van der Waals surface area contributed by atoms with Crippen LogP contribution in [0.1, 0.15) is 36.2 Å². The summed E-state index contributed by atoms with van der Waals surface area (Å²) in [4.78, 5) is 31.5. The summed E-state index contributed by atoms with van der Waals surface area (Å²) in [5.74, 6) is 0.562. The number of amides is 3. The summed E-state index contributed by atoms with van der Waals surface area (Å²) in [7, 11) is 1.63. The van der Waals surface area contributed by atoms with Crippen LogP contribution in [0.15, 0.2) is 46.9 Å². The van der Waals surface area contributed by atoms with Crippen molar-refractivity contribution in [3.8, 4) is 5.75 Å². The Morgan fingerprint density at radius 3 is 2.67 bits per heavy atom. The molecule has 0 radical (unpaired) electrons. The van der Waals surface area contributed by atoms with E-state index in [0.717, 1.165) is 41.4 Å². The maximum Gasteiger partial charge on any atom is 0.317 e. The van der Waals surface area contributed by atoms with Crippen molar-refractivity contribution in [2.24, 2.45) is 5.10 Å². The van der Waals surface area contributed by atoms with Gasteiger partial charge in [0.25, 0.3) is 5.91 Å². The number of urea groups is 1. The zero-order chi connectivity index (χ0) is 25.3. The van der Waals surface area contributed by atoms with Gasteiger partial charge in [-0.3, -0.25) is 9.69 Å². The summed E-state index contributed by atoms with van der Waals surface area (Å²) in [6, 6.07) is 11.3. The molecule has 1 atom stereocenters. The number of thiophene rings is 1. The molecule has 1 aromatic heterocycles. The van der Waals surface area contributed by atoms with Crippen LogP contribution in [-0.4, -0.2) is 92.1 Å². The maximum atomic E-state index is 13.6. The van der Waals surface area contributed by atoms with Gasteiger partial charge in [-0.05, 0) is 35.6 Å². The fraction of sp³-hybridized carbons (Fsp3) is 0.500. The van der Waals surface area contributed by atoms with Gasteiger partial charge in [-0.25, -0.2) is 9.80 Å². The summed E-state index contributed by atoms with van der Waals surface area (Å²) >= 11 is 1.61. The second-order valence-electron chi connectivity index (χ2n) is 8.86. The lowest BCUT2D eigenvalue weighted by Crippen LogP contribution is -2.49. The molecule has 1 N–H and O–H groups in total. The van der Waals surface area contributed by atoms with Crippen LogP contribution in [0.5, 0.6) is 5.75 Å². The van der Waals surface area contributed by atoms with Gasteiger partial charge in [0, 0.05) is 39.1 Å². The van der Waals surface area contributed by atoms with Crippen molar-refractivity contribution < 1.29 is 19.1 Å². The van der Waals surface area contributed by atoms with Crippen LogP contribution in [0.4, 0.5) is 4.79 Å². The number of rotatable bonds is 10. The first-order chi connectivity index (χ1) is 17.6. The monoisotopic (exact) mass is 513 g/mol. The Hall–Kier alpha value is -2.95. The summed E-state index contributed by atoms with van der Waals surface area (Å²) in [6.07, 6.45) is 1.45. The largest absolute Gasteiger partial charge is 0.497 e. The van der Waals surface area contributed by atoms with Crippen LogP contribution in [-0.2, 0) is 9.53 Å². The predicted molar refractivity (Wildman–Crippen MR) is 141 cm³/mol. The van der Waals surface area contributed by atoms with E-state index >= 15 is 0 Å². The molecule has 3 amide bonds. The SMILES string of the molecule is CCCNC(=O)N(CCN1CCOCC1)CC(=O)N1N=C(c2cccs2)C[C@H]1c1ccc(OC)cc1. The molecule has 0 aliphatic carbocycles. The third kappa shape index (κ3) is 6.63. The van der Waals surface area contributed by atoms with Crippen molar-refractivity contribution in [3.63, 3.8) is 0 Å². The highest BCUT2D eigenvalue weighted by molar-refractivity contribution is 7.12. The normalized spacial score (nSPS) is 18.1. The van der Waals surface area contributed by atoms with Gasteiger partial charge in [0.1, 0.15) is 12.3 Å². The van der Waals surface area contributed by atoms with Crippen LogP contribution in [0.25, 0.3) is 0 Å². The number of hydrogen-bond acceptors (Lipinski definition) is 7. The van der Waals surface area contributed by atoms with Gasteiger partial charge in [-0.15, -0.1) is 11.3 Å². The first kappa shape index (κ1) is 26.1. The molecule has 4 rings (SSSR count). The standard InChI is InChI=1S/C26H35N5O4S/c1-3-10-27-26(33)30(12-11-29-13-15-35-16-14-29)19-25(32)31-23(20-6-8-21(34-2)9-7-20)18-22(28-31)24-5-4-17-36-24/h4-9,17,23H,3,10-16,18-19H2,1-2H3,(H,27,33)/t23-/m0/s1. The molecule has 0 spiro atoms. The van der Waals surface area contributed by atoms with Gasteiger partial charge in [0.05, 0.1) is 37.0 Å². The molecule has 3 heterocycles. The van der Waals surface area contributed by atoms with E-state index in [1.807, 2.05) is 48.7 Å². The first-order valence-corrected chi connectivity index (χ1v) is 13.4. The van der Waals surface area contributed by atoms with E-state index in [2.05, 4.69) is 10.2 Å². The second kappa shape index (κ2) is 12.8. The number of nitrogens with zero attached hydrogens (tertiary/aromatic N) is 4. The number of carbonyl (C=O) groups is 2. The number of hydrogen-bond donors (Lipinski definition) is 1. The maximum absolute atomic E-state index is 13.6. The topological polar surface area (TPSA) is 86.7 Å². The lowest BCUT2D eigenvalue weighted by molar-refractivity contribution is -0.133. The van der Waals surface area contributed by atoms with Crippen molar-refractivity contribution >= 4 is 29.0 Å². The molecule has 10 heteroatoms. The zero-order valence-electron chi connectivity index (χ0n) is 21.0. The van der Waals surface area contributed by atoms with Crippen molar-refractivity contribution in [2.45, 2.75) is 25.8 Å². The lowest BCUT2D eigenvalue weighted by atomic mass is 10.0.